The van der Waals surface area contributed by atoms with Crippen LogP contribution in [0, 0.1) is 11.8 Å². The third-order valence-corrected chi connectivity index (χ3v) is 6.27. The highest BCUT2D eigenvalue weighted by Crippen LogP contribution is 2.34. The van der Waals surface area contributed by atoms with E-state index in [1.807, 2.05) is 18.2 Å². The molecule has 2 aromatic rings. The molecule has 1 fully saturated rings. The molecule has 2 atom stereocenters. The average molecular weight is 361 g/mol. The van der Waals surface area contributed by atoms with Crippen molar-refractivity contribution in [3.05, 3.63) is 57.8 Å². The van der Waals surface area contributed by atoms with Gasteiger partial charge in [-0.05, 0) is 65.0 Å². The molecule has 128 valence electrons. The van der Waals surface area contributed by atoms with Crippen molar-refractivity contribution in [2.75, 3.05) is 6.61 Å². The zero-order chi connectivity index (χ0) is 16.8. The third-order valence-electron chi connectivity index (χ3n) is 4.91. The van der Waals surface area contributed by atoms with Crippen LogP contribution in [0.15, 0.2) is 41.8 Å². The van der Waals surface area contributed by atoms with Crippen LogP contribution in [0.1, 0.15) is 35.3 Å². The van der Waals surface area contributed by atoms with Gasteiger partial charge < -0.3 is 9.84 Å². The number of benzene rings is 1. The molecule has 1 aromatic carbocycles. The zero-order valence-electron chi connectivity index (χ0n) is 13.8. The number of rotatable bonds is 8. The van der Waals surface area contributed by atoms with E-state index in [2.05, 4.69) is 23.6 Å². The molecule has 2 nitrogen and oxygen atoms in total. The Morgan fingerprint density at radius 1 is 1.17 bits per heavy atom. The summed E-state index contributed by atoms with van der Waals surface area (Å²) in [5.74, 6) is 1.01. The van der Waals surface area contributed by atoms with Crippen LogP contribution < -0.4 is 0 Å². The van der Waals surface area contributed by atoms with Crippen LogP contribution in [0.4, 0.5) is 0 Å². The molecule has 1 aliphatic rings. The molecule has 0 bridgehead atoms. The van der Waals surface area contributed by atoms with Crippen LogP contribution in [0.3, 0.4) is 0 Å². The fourth-order valence-electron chi connectivity index (χ4n) is 3.55. The maximum Gasteiger partial charge on any atom is 0.0809 e. The van der Waals surface area contributed by atoms with Gasteiger partial charge in [-0.2, -0.15) is 0 Å². The van der Waals surface area contributed by atoms with Crippen LogP contribution in [-0.4, -0.2) is 16.6 Å². The second-order valence-electron chi connectivity index (χ2n) is 6.43. The minimum atomic E-state index is 0.110. The number of hydrogen-bond acceptors (Lipinski definition) is 4. The van der Waals surface area contributed by atoms with Crippen molar-refractivity contribution < 1.29 is 9.84 Å². The lowest BCUT2D eigenvalue weighted by Gasteiger charge is -2.20. The Bertz CT molecular complexity index is 651. The monoisotopic (exact) mass is 360 g/mol. The molecule has 0 saturated heterocycles. The number of hydrogen-bond donors (Lipinski definition) is 1. The van der Waals surface area contributed by atoms with E-state index in [0.29, 0.717) is 18.4 Å². The van der Waals surface area contributed by atoms with E-state index < -0.39 is 0 Å². The van der Waals surface area contributed by atoms with Crippen LogP contribution in [-0.2, 0) is 24.4 Å². The average Bonchev–Trinajstić information content (AvgIpc) is 3.24. The molecule has 0 radical (unpaired) electrons. The molecular weight excluding hydrogens is 336 g/mol. The van der Waals surface area contributed by atoms with Crippen molar-refractivity contribution in [1.82, 2.24) is 0 Å². The molecule has 1 saturated carbocycles. The van der Waals surface area contributed by atoms with E-state index >= 15 is 0 Å². The van der Waals surface area contributed by atoms with Crippen LogP contribution in [0.2, 0.25) is 0 Å². The van der Waals surface area contributed by atoms with Crippen LogP contribution >= 0.6 is 23.6 Å². The minimum absolute atomic E-state index is 0.110. The maximum atomic E-state index is 9.48. The normalized spacial score (nSPS) is 20.6. The molecule has 1 N–H and O–H groups in total. The number of thiocarbonyl (C=S) groups is 1. The van der Waals surface area contributed by atoms with E-state index in [-0.39, 0.29) is 6.61 Å². The first-order chi connectivity index (χ1) is 11.8. The van der Waals surface area contributed by atoms with Gasteiger partial charge in [0.15, 0.2) is 0 Å². The summed E-state index contributed by atoms with van der Waals surface area (Å²) in [6, 6.07) is 12.3. The highest BCUT2D eigenvalue weighted by Gasteiger charge is 2.31. The lowest BCUT2D eigenvalue weighted by molar-refractivity contribution is 0.0793. The first-order valence-corrected chi connectivity index (χ1v) is 9.87. The summed E-state index contributed by atoms with van der Waals surface area (Å²) < 4.78 is 5.95. The Balaban J connectivity index is 1.53. The first kappa shape index (κ1) is 17.7. The number of aliphatic hydroxyl groups excluding tert-OH is 1. The molecule has 1 heterocycles. The van der Waals surface area contributed by atoms with Gasteiger partial charge in [0.25, 0.3) is 0 Å². The van der Waals surface area contributed by atoms with Gasteiger partial charge in [-0.1, -0.05) is 42.5 Å². The second kappa shape index (κ2) is 8.86. The third kappa shape index (κ3) is 4.51. The Kier molecular flexibility index (Phi) is 6.55. The predicted octanol–water partition coefficient (Wildman–Crippen LogP) is 4.79. The molecule has 0 amide bonds. The lowest BCUT2D eigenvalue weighted by Crippen LogP contribution is -2.19. The summed E-state index contributed by atoms with van der Waals surface area (Å²) in [6.07, 6.45) is 4.23. The van der Waals surface area contributed by atoms with Gasteiger partial charge in [-0.3, -0.25) is 0 Å². The van der Waals surface area contributed by atoms with E-state index in [1.165, 1.54) is 15.3 Å². The molecule has 3 rings (SSSR count). The quantitative estimate of drug-likeness (QED) is 0.687. The number of ether oxygens (including phenoxy) is 1. The van der Waals surface area contributed by atoms with Gasteiger partial charge in [-0.25, -0.2) is 0 Å². The van der Waals surface area contributed by atoms with E-state index in [0.717, 1.165) is 37.9 Å². The molecule has 0 aliphatic heterocycles. The van der Waals surface area contributed by atoms with Crippen molar-refractivity contribution >= 4 is 28.4 Å². The van der Waals surface area contributed by atoms with Crippen LogP contribution in [0.25, 0.3) is 0 Å². The molecular formula is C20H24O2S2. The Morgan fingerprint density at radius 2 is 2.00 bits per heavy atom. The molecule has 24 heavy (non-hydrogen) atoms. The topological polar surface area (TPSA) is 29.5 Å². The summed E-state index contributed by atoms with van der Waals surface area (Å²) in [7, 11) is 0. The minimum Gasteiger partial charge on any atom is -0.392 e. The Labute approximate surface area is 153 Å². The van der Waals surface area contributed by atoms with E-state index in [1.54, 1.807) is 11.3 Å². The maximum absolute atomic E-state index is 9.48. The first-order valence-electron chi connectivity index (χ1n) is 8.58. The van der Waals surface area contributed by atoms with Gasteiger partial charge in [0.05, 0.1) is 19.8 Å². The van der Waals surface area contributed by atoms with Crippen molar-refractivity contribution in [3.8, 4) is 0 Å². The smallest absolute Gasteiger partial charge is 0.0809 e. The van der Waals surface area contributed by atoms with Crippen molar-refractivity contribution in [1.29, 1.82) is 0 Å². The summed E-state index contributed by atoms with van der Waals surface area (Å²) in [5, 5.41) is 11.6. The van der Waals surface area contributed by atoms with Crippen molar-refractivity contribution in [2.24, 2.45) is 11.8 Å². The van der Waals surface area contributed by atoms with Gasteiger partial charge in [0.2, 0.25) is 0 Å². The zero-order valence-corrected chi connectivity index (χ0v) is 15.5. The van der Waals surface area contributed by atoms with Crippen molar-refractivity contribution in [2.45, 2.75) is 38.9 Å². The summed E-state index contributed by atoms with van der Waals surface area (Å²) in [6.45, 7) is 1.62. The second-order valence-corrected chi connectivity index (χ2v) is 7.99. The standard InChI is InChI=1S/C20H24O2S2/c21-12-16-5-2-1-4-15(16)7-9-19-17(8-10-20(19)23)13-22-14-18-6-3-11-24-18/h1-6,11,17,19,21H,7-10,12-14H2/t17-,19-/m1/s1. The molecule has 0 unspecified atom stereocenters. The van der Waals surface area contributed by atoms with E-state index in [9.17, 15) is 5.11 Å². The predicted molar refractivity (Wildman–Crippen MR) is 103 cm³/mol. The molecule has 4 heteroatoms. The van der Waals surface area contributed by atoms with Crippen molar-refractivity contribution in [3.63, 3.8) is 0 Å². The fourth-order valence-corrected chi connectivity index (χ4v) is 4.61. The number of thiophene rings is 1. The number of aryl methyl sites for hydroxylation is 1. The SMILES string of the molecule is OCc1ccccc1CC[C@H]1C(=S)CC[C@@H]1COCc1cccs1. The fraction of sp³-hybridized carbons (Fsp3) is 0.450. The van der Waals surface area contributed by atoms with Gasteiger partial charge in [0.1, 0.15) is 0 Å². The highest BCUT2D eigenvalue weighted by molar-refractivity contribution is 7.80. The molecule has 1 aliphatic carbocycles. The Hall–Kier alpha value is -1.07. The number of aliphatic hydroxyl groups is 1. The van der Waals surface area contributed by atoms with Gasteiger partial charge >= 0.3 is 0 Å². The van der Waals surface area contributed by atoms with Crippen LogP contribution in [0.5, 0.6) is 0 Å². The summed E-state index contributed by atoms with van der Waals surface area (Å²) in [4.78, 5) is 2.49. The van der Waals surface area contributed by atoms with Gasteiger partial charge in [0, 0.05) is 4.88 Å². The Morgan fingerprint density at radius 3 is 2.75 bits per heavy atom. The largest absolute Gasteiger partial charge is 0.392 e. The molecule has 1 aromatic heterocycles. The molecule has 0 spiro atoms. The summed E-state index contributed by atoms with van der Waals surface area (Å²) >= 11 is 7.37. The highest BCUT2D eigenvalue weighted by atomic mass is 32.1. The summed E-state index contributed by atoms with van der Waals surface area (Å²) in [5.41, 5.74) is 2.28. The van der Waals surface area contributed by atoms with Gasteiger partial charge in [-0.15, -0.1) is 11.3 Å². The lowest BCUT2D eigenvalue weighted by atomic mass is 9.89. The van der Waals surface area contributed by atoms with E-state index in [4.69, 9.17) is 17.0 Å².